The summed E-state index contributed by atoms with van der Waals surface area (Å²) < 4.78 is 19.3. The Balaban J connectivity index is 1.72. The van der Waals surface area contributed by atoms with Crippen molar-refractivity contribution in [3.63, 3.8) is 0 Å². The zero-order chi connectivity index (χ0) is 22.5. The maximum atomic E-state index is 14.4. The molecule has 3 rings (SSSR count). The van der Waals surface area contributed by atoms with E-state index in [1.54, 1.807) is 13.0 Å². The number of carbonyl (C=O) groups is 2. The molecule has 6 nitrogen and oxygen atoms in total. The van der Waals surface area contributed by atoms with Gasteiger partial charge in [-0.05, 0) is 73.4 Å². The number of aryl methyl sites for hydroxylation is 2. The molecule has 1 amide bonds. The Morgan fingerprint density at radius 3 is 2.55 bits per heavy atom. The molecular weight excluding hydrogens is 417 g/mol. The first-order chi connectivity index (χ1) is 14.8. The first-order valence-electron chi connectivity index (χ1n) is 10.1. The summed E-state index contributed by atoms with van der Waals surface area (Å²) in [7, 11) is 3.96. The van der Waals surface area contributed by atoms with Crippen molar-refractivity contribution in [1.82, 2.24) is 5.32 Å². The molecule has 8 heteroatoms. The summed E-state index contributed by atoms with van der Waals surface area (Å²) in [5.74, 6) is -1.16. The average Bonchev–Trinajstić information content (AvgIpc) is 3.01. The Morgan fingerprint density at radius 2 is 1.90 bits per heavy atom. The highest BCUT2D eigenvalue weighted by molar-refractivity contribution is 7.80. The lowest BCUT2D eigenvalue weighted by Gasteiger charge is -2.17. The van der Waals surface area contributed by atoms with Crippen molar-refractivity contribution in [2.75, 3.05) is 30.5 Å². The van der Waals surface area contributed by atoms with Crippen molar-refractivity contribution in [2.45, 2.75) is 32.2 Å². The molecule has 0 saturated carbocycles. The fourth-order valence-corrected chi connectivity index (χ4v) is 3.77. The molecule has 1 unspecified atom stereocenters. The third-order valence-corrected chi connectivity index (χ3v) is 5.42. The molecule has 1 saturated heterocycles. The summed E-state index contributed by atoms with van der Waals surface area (Å²) >= 11 is 5.29. The number of thiocarbonyl (C=S) groups is 1. The normalized spacial score (nSPS) is 15.7. The van der Waals surface area contributed by atoms with Crippen molar-refractivity contribution in [1.29, 1.82) is 0 Å². The summed E-state index contributed by atoms with van der Waals surface area (Å²) in [6.45, 7) is 1.95. The van der Waals surface area contributed by atoms with Gasteiger partial charge in [-0.25, -0.2) is 4.39 Å². The van der Waals surface area contributed by atoms with Crippen LogP contribution in [0.15, 0.2) is 42.5 Å². The first-order valence-corrected chi connectivity index (χ1v) is 10.6. The van der Waals surface area contributed by atoms with Crippen LogP contribution in [0.4, 0.5) is 15.8 Å². The van der Waals surface area contributed by atoms with Gasteiger partial charge in [-0.15, -0.1) is 0 Å². The minimum Gasteiger partial charge on any atom is -0.466 e. The van der Waals surface area contributed by atoms with Crippen LogP contribution in [0.2, 0.25) is 0 Å². The maximum absolute atomic E-state index is 14.4. The number of nitrogens with one attached hydrogen (secondary N) is 1. The summed E-state index contributed by atoms with van der Waals surface area (Å²) in [5.41, 5.74) is 3.18. The SMILES string of the molecule is CCOC(=O)CC1NC(=S)N(c2ccc(F)c(CCc3ccc(N(C)C)cc3)c2)C1=O. The van der Waals surface area contributed by atoms with Gasteiger partial charge in [-0.1, -0.05) is 12.1 Å². The average molecular weight is 444 g/mol. The second kappa shape index (κ2) is 9.87. The fraction of sp³-hybridized carbons (Fsp3) is 0.348. The molecule has 1 aliphatic rings. The van der Waals surface area contributed by atoms with Crippen LogP contribution < -0.4 is 15.1 Å². The van der Waals surface area contributed by atoms with E-state index in [0.717, 1.165) is 11.3 Å². The zero-order valence-corrected chi connectivity index (χ0v) is 18.7. The number of hydrogen-bond acceptors (Lipinski definition) is 5. The van der Waals surface area contributed by atoms with Gasteiger partial charge in [-0.2, -0.15) is 0 Å². The van der Waals surface area contributed by atoms with Crippen LogP contribution in [0.1, 0.15) is 24.5 Å². The van der Waals surface area contributed by atoms with Gasteiger partial charge < -0.3 is 15.0 Å². The van der Waals surface area contributed by atoms with Crippen molar-refractivity contribution in [3.05, 3.63) is 59.4 Å². The number of rotatable bonds is 8. The van der Waals surface area contributed by atoms with Gasteiger partial charge in [-0.3, -0.25) is 14.5 Å². The summed E-state index contributed by atoms with van der Waals surface area (Å²) in [4.78, 5) is 27.9. The van der Waals surface area contributed by atoms with E-state index in [1.807, 2.05) is 43.3 Å². The van der Waals surface area contributed by atoms with Crippen LogP contribution in [0.25, 0.3) is 0 Å². The van der Waals surface area contributed by atoms with Crippen LogP contribution in [0.5, 0.6) is 0 Å². The number of nitrogens with zero attached hydrogens (tertiary/aromatic N) is 2. The Bertz CT molecular complexity index is 979. The van der Waals surface area contributed by atoms with Crippen LogP contribution >= 0.6 is 12.2 Å². The second-order valence-corrected chi connectivity index (χ2v) is 7.91. The van der Waals surface area contributed by atoms with Gasteiger partial charge in [0, 0.05) is 19.8 Å². The summed E-state index contributed by atoms with van der Waals surface area (Å²) in [5, 5.41) is 3.05. The van der Waals surface area contributed by atoms with Gasteiger partial charge in [0.05, 0.1) is 18.7 Å². The lowest BCUT2D eigenvalue weighted by molar-refractivity contribution is -0.144. The molecule has 0 bridgehead atoms. The zero-order valence-electron chi connectivity index (χ0n) is 17.9. The van der Waals surface area contributed by atoms with E-state index in [1.165, 1.54) is 17.0 Å². The highest BCUT2D eigenvalue weighted by Crippen LogP contribution is 2.25. The van der Waals surface area contributed by atoms with Crippen molar-refractivity contribution < 1.29 is 18.7 Å². The molecule has 1 fully saturated rings. The lowest BCUT2D eigenvalue weighted by Crippen LogP contribution is -2.33. The number of halogens is 1. The number of carbonyl (C=O) groups excluding carboxylic acids is 2. The fourth-order valence-electron chi connectivity index (χ4n) is 3.43. The van der Waals surface area contributed by atoms with Crippen LogP contribution in [0, 0.1) is 5.82 Å². The summed E-state index contributed by atoms with van der Waals surface area (Å²) in [6, 6.07) is 11.8. The molecule has 1 aliphatic heterocycles. The van der Waals surface area contributed by atoms with E-state index in [2.05, 4.69) is 5.32 Å². The number of ether oxygens (including phenoxy) is 1. The highest BCUT2D eigenvalue weighted by atomic mass is 32.1. The Kier molecular flexibility index (Phi) is 7.22. The molecule has 1 N–H and O–H groups in total. The quantitative estimate of drug-likeness (QED) is 0.499. The van der Waals surface area contributed by atoms with Gasteiger partial charge >= 0.3 is 5.97 Å². The Labute approximate surface area is 187 Å². The van der Waals surface area contributed by atoms with E-state index >= 15 is 0 Å². The molecule has 164 valence electrons. The molecule has 1 heterocycles. The monoisotopic (exact) mass is 443 g/mol. The predicted octanol–water partition coefficient (Wildman–Crippen LogP) is 3.22. The van der Waals surface area contributed by atoms with Crippen LogP contribution in [0.3, 0.4) is 0 Å². The second-order valence-electron chi connectivity index (χ2n) is 7.52. The number of esters is 1. The van der Waals surface area contributed by atoms with Gasteiger partial charge in [0.1, 0.15) is 11.9 Å². The van der Waals surface area contributed by atoms with E-state index < -0.39 is 12.0 Å². The minimum absolute atomic E-state index is 0.111. The number of benzene rings is 2. The topological polar surface area (TPSA) is 61.9 Å². The smallest absolute Gasteiger partial charge is 0.308 e. The van der Waals surface area contributed by atoms with Crippen LogP contribution in [-0.2, 0) is 27.2 Å². The molecular formula is C23H26FN3O3S. The predicted molar refractivity (Wildman–Crippen MR) is 123 cm³/mol. The Morgan fingerprint density at radius 1 is 1.19 bits per heavy atom. The largest absolute Gasteiger partial charge is 0.466 e. The minimum atomic E-state index is -0.782. The van der Waals surface area contributed by atoms with E-state index in [-0.39, 0.29) is 29.9 Å². The molecule has 0 aliphatic carbocycles. The summed E-state index contributed by atoms with van der Waals surface area (Å²) in [6.07, 6.45) is 1.03. The van der Waals surface area contributed by atoms with E-state index in [9.17, 15) is 14.0 Å². The number of amides is 1. The molecule has 0 radical (unpaired) electrons. The lowest BCUT2D eigenvalue weighted by atomic mass is 10.0. The third kappa shape index (κ3) is 5.38. The third-order valence-electron chi connectivity index (χ3n) is 5.12. The van der Waals surface area contributed by atoms with E-state index in [4.69, 9.17) is 17.0 Å². The molecule has 0 spiro atoms. The molecule has 2 aromatic carbocycles. The van der Waals surface area contributed by atoms with E-state index in [0.29, 0.717) is 24.1 Å². The first kappa shape index (κ1) is 22.7. The van der Waals surface area contributed by atoms with Crippen molar-refractivity contribution >= 4 is 40.6 Å². The van der Waals surface area contributed by atoms with Crippen LogP contribution in [-0.4, -0.2) is 43.7 Å². The van der Waals surface area contributed by atoms with Crippen molar-refractivity contribution in [3.8, 4) is 0 Å². The Hall–Kier alpha value is -3.00. The molecule has 31 heavy (non-hydrogen) atoms. The number of anilines is 2. The molecule has 1 atom stereocenters. The van der Waals surface area contributed by atoms with Crippen molar-refractivity contribution in [2.24, 2.45) is 0 Å². The standard InChI is InChI=1S/C23H26FN3O3S/c1-4-30-21(28)14-20-22(29)27(23(31)25-20)18-11-12-19(24)16(13-18)8-5-15-6-9-17(10-7-15)26(2)3/h6-7,9-13,20H,4-5,8,14H2,1-3H3,(H,25,31). The highest BCUT2D eigenvalue weighted by Gasteiger charge is 2.38. The van der Waals surface area contributed by atoms with Gasteiger partial charge in [0.25, 0.3) is 5.91 Å². The molecule has 0 aromatic heterocycles. The molecule has 2 aromatic rings. The number of hydrogen-bond donors (Lipinski definition) is 1. The maximum Gasteiger partial charge on any atom is 0.308 e. The van der Waals surface area contributed by atoms with Gasteiger partial charge in [0.15, 0.2) is 5.11 Å². The van der Waals surface area contributed by atoms with Gasteiger partial charge in [0.2, 0.25) is 0 Å².